The van der Waals surface area contributed by atoms with Gasteiger partial charge in [0.2, 0.25) is 21.8 Å². The molecule has 0 fully saturated rings. The number of carbonyl (C=O) groups excluding carboxylic acids is 2. The molecule has 2 aromatic rings. The maximum atomic E-state index is 13.4. The maximum absolute atomic E-state index is 13.4. The molecule has 0 saturated carbocycles. The largest absolute Gasteiger partial charge is 0.354 e. The summed E-state index contributed by atoms with van der Waals surface area (Å²) in [6, 6.07) is 14.6. The normalized spacial score (nSPS) is 12.1. The Morgan fingerprint density at radius 1 is 0.972 bits per heavy atom. The summed E-state index contributed by atoms with van der Waals surface area (Å²) < 4.78 is 26.6. The number of hydrogen-bond donors (Lipinski definition) is 1. The van der Waals surface area contributed by atoms with Crippen LogP contribution in [0.5, 0.6) is 0 Å². The van der Waals surface area contributed by atoms with Crippen LogP contribution in [0, 0.1) is 13.8 Å². The van der Waals surface area contributed by atoms with E-state index in [2.05, 4.69) is 12.2 Å². The second-order valence-corrected chi connectivity index (χ2v) is 11.1. The fourth-order valence-electron chi connectivity index (χ4n) is 4.19. The van der Waals surface area contributed by atoms with Gasteiger partial charge in [0.25, 0.3) is 0 Å². The monoisotopic (exact) mass is 515 g/mol. The number of anilines is 1. The van der Waals surface area contributed by atoms with Gasteiger partial charge < -0.3 is 10.2 Å². The Morgan fingerprint density at radius 2 is 1.67 bits per heavy atom. The van der Waals surface area contributed by atoms with Gasteiger partial charge >= 0.3 is 0 Å². The lowest BCUT2D eigenvalue weighted by atomic mass is 10.1. The van der Waals surface area contributed by atoms with Crippen molar-refractivity contribution < 1.29 is 18.0 Å². The van der Waals surface area contributed by atoms with Crippen LogP contribution in [0.4, 0.5) is 5.69 Å². The van der Waals surface area contributed by atoms with E-state index in [1.54, 1.807) is 11.0 Å². The summed E-state index contributed by atoms with van der Waals surface area (Å²) >= 11 is 0. The highest BCUT2D eigenvalue weighted by molar-refractivity contribution is 7.92. The molecule has 2 rings (SSSR count). The summed E-state index contributed by atoms with van der Waals surface area (Å²) in [5, 5.41) is 2.96. The molecule has 2 amide bonds. The molecule has 0 saturated heterocycles. The first-order chi connectivity index (χ1) is 17.1. The molecule has 1 unspecified atom stereocenters. The molecule has 0 aromatic heterocycles. The third-order valence-electron chi connectivity index (χ3n) is 6.41. The summed E-state index contributed by atoms with van der Waals surface area (Å²) in [5.41, 5.74) is 3.48. The smallest absolute Gasteiger partial charge is 0.242 e. The number of aryl methyl sites for hydroxylation is 1. The molecular formula is C28H41N3O4S. The van der Waals surface area contributed by atoms with E-state index in [0.717, 1.165) is 29.5 Å². The van der Waals surface area contributed by atoms with Crippen LogP contribution in [-0.2, 0) is 26.2 Å². The number of hydrogen-bond acceptors (Lipinski definition) is 4. The fourth-order valence-corrected chi connectivity index (χ4v) is 5.21. The van der Waals surface area contributed by atoms with E-state index in [1.165, 1.54) is 10.6 Å². The molecule has 0 aliphatic carbocycles. The van der Waals surface area contributed by atoms with Gasteiger partial charge in [0.1, 0.15) is 6.04 Å². The minimum absolute atomic E-state index is 0.141. The lowest BCUT2D eigenvalue weighted by Gasteiger charge is -2.31. The van der Waals surface area contributed by atoms with Crippen molar-refractivity contribution in [3.05, 3.63) is 65.2 Å². The summed E-state index contributed by atoms with van der Waals surface area (Å²) in [7, 11) is -3.53. The van der Waals surface area contributed by atoms with Gasteiger partial charge in [-0.05, 0) is 55.9 Å². The van der Waals surface area contributed by atoms with E-state index in [1.807, 2.05) is 63.2 Å². The van der Waals surface area contributed by atoms with Gasteiger partial charge in [-0.1, -0.05) is 62.7 Å². The van der Waals surface area contributed by atoms with Crippen LogP contribution in [0.3, 0.4) is 0 Å². The lowest BCUT2D eigenvalue weighted by molar-refractivity contribution is -0.141. The standard InChI is InChI=1S/C28H41N3O4S/c1-6-8-19-29-28(33)25(7-2)30(21-24-15-10-9-11-16-24)27(32)18-13-20-31(36(5,34)35)26-17-12-14-22(3)23(26)4/h9-12,14-17,25H,6-8,13,18-21H2,1-5H3,(H,29,33). The molecule has 0 heterocycles. The first-order valence-corrected chi connectivity index (χ1v) is 14.6. The summed E-state index contributed by atoms with van der Waals surface area (Å²) in [5.74, 6) is -0.311. The Hall–Kier alpha value is -2.87. The predicted molar refractivity (Wildman–Crippen MR) is 146 cm³/mol. The average Bonchev–Trinajstić information content (AvgIpc) is 2.83. The number of nitrogens with one attached hydrogen (secondary N) is 1. The zero-order valence-electron chi connectivity index (χ0n) is 22.3. The molecule has 0 spiro atoms. The molecule has 0 bridgehead atoms. The Kier molecular flexibility index (Phi) is 11.4. The number of amides is 2. The zero-order chi connectivity index (χ0) is 26.7. The van der Waals surface area contributed by atoms with Crippen molar-refractivity contribution in [2.75, 3.05) is 23.7 Å². The van der Waals surface area contributed by atoms with E-state index in [0.29, 0.717) is 31.6 Å². The van der Waals surface area contributed by atoms with Crippen molar-refractivity contribution in [3.63, 3.8) is 0 Å². The number of rotatable bonds is 14. The topological polar surface area (TPSA) is 86.8 Å². The SMILES string of the molecule is CCCCNC(=O)C(CC)N(Cc1ccccc1)C(=O)CCCN(c1cccc(C)c1C)S(C)(=O)=O. The highest BCUT2D eigenvalue weighted by Crippen LogP contribution is 2.25. The molecule has 1 N–H and O–H groups in total. The maximum Gasteiger partial charge on any atom is 0.242 e. The van der Waals surface area contributed by atoms with Gasteiger partial charge in [0.15, 0.2) is 0 Å². The van der Waals surface area contributed by atoms with Gasteiger partial charge in [0.05, 0.1) is 11.9 Å². The van der Waals surface area contributed by atoms with E-state index >= 15 is 0 Å². The highest BCUT2D eigenvalue weighted by Gasteiger charge is 2.28. The van der Waals surface area contributed by atoms with Gasteiger partial charge in [-0.2, -0.15) is 0 Å². The summed E-state index contributed by atoms with van der Waals surface area (Å²) in [6.45, 7) is 8.91. The number of unbranched alkanes of at least 4 members (excludes halogenated alkanes) is 1. The van der Waals surface area contributed by atoms with Crippen LogP contribution in [0.1, 0.15) is 62.6 Å². The minimum Gasteiger partial charge on any atom is -0.354 e. The molecule has 7 nitrogen and oxygen atoms in total. The molecule has 198 valence electrons. The molecule has 0 radical (unpaired) electrons. The van der Waals surface area contributed by atoms with Crippen LogP contribution in [0.15, 0.2) is 48.5 Å². The van der Waals surface area contributed by atoms with Crippen LogP contribution in [-0.4, -0.2) is 50.5 Å². The highest BCUT2D eigenvalue weighted by atomic mass is 32.2. The number of carbonyl (C=O) groups is 2. The Bertz CT molecular complexity index is 1100. The van der Waals surface area contributed by atoms with E-state index in [9.17, 15) is 18.0 Å². The second kappa shape index (κ2) is 14.0. The Balaban J connectivity index is 2.20. The minimum atomic E-state index is -3.53. The van der Waals surface area contributed by atoms with Gasteiger partial charge in [-0.25, -0.2) is 8.42 Å². The van der Waals surface area contributed by atoms with Crippen molar-refractivity contribution in [1.29, 1.82) is 0 Å². The van der Waals surface area contributed by atoms with Crippen LogP contribution < -0.4 is 9.62 Å². The van der Waals surface area contributed by atoms with Gasteiger partial charge in [-0.3, -0.25) is 13.9 Å². The molecule has 2 aromatic carbocycles. The Morgan fingerprint density at radius 3 is 2.28 bits per heavy atom. The van der Waals surface area contributed by atoms with E-state index < -0.39 is 16.1 Å². The van der Waals surface area contributed by atoms with Crippen molar-refractivity contribution in [3.8, 4) is 0 Å². The average molecular weight is 516 g/mol. The molecule has 1 atom stereocenters. The third-order valence-corrected chi connectivity index (χ3v) is 7.59. The zero-order valence-corrected chi connectivity index (χ0v) is 23.1. The van der Waals surface area contributed by atoms with Crippen LogP contribution in [0.2, 0.25) is 0 Å². The number of nitrogens with zero attached hydrogens (tertiary/aromatic N) is 2. The lowest BCUT2D eigenvalue weighted by Crippen LogP contribution is -2.49. The van der Waals surface area contributed by atoms with Gasteiger partial charge in [0, 0.05) is 26.1 Å². The quantitative estimate of drug-likeness (QED) is 0.373. The first kappa shape index (κ1) is 29.4. The molecule has 36 heavy (non-hydrogen) atoms. The van der Waals surface area contributed by atoms with Crippen molar-refractivity contribution in [1.82, 2.24) is 10.2 Å². The van der Waals surface area contributed by atoms with Crippen molar-refractivity contribution in [2.24, 2.45) is 0 Å². The van der Waals surface area contributed by atoms with Crippen LogP contribution in [0.25, 0.3) is 0 Å². The summed E-state index contributed by atoms with van der Waals surface area (Å²) in [4.78, 5) is 28.0. The van der Waals surface area contributed by atoms with E-state index in [-0.39, 0.29) is 24.8 Å². The van der Waals surface area contributed by atoms with Crippen molar-refractivity contribution >= 4 is 27.5 Å². The Labute approximate surface area is 216 Å². The molecule has 8 heteroatoms. The van der Waals surface area contributed by atoms with Crippen LogP contribution >= 0.6 is 0 Å². The number of benzene rings is 2. The number of sulfonamides is 1. The van der Waals surface area contributed by atoms with Gasteiger partial charge in [-0.15, -0.1) is 0 Å². The molecule has 0 aliphatic rings. The van der Waals surface area contributed by atoms with Crippen molar-refractivity contribution in [2.45, 2.75) is 72.4 Å². The van der Waals surface area contributed by atoms with E-state index in [4.69, 9.17) is 0 Å². The third kappa shape index (κ3) is 8.36. The first-order valence-electron chi connectivity index (χ1n) is 12.7. The second-order valence-electron chi connectivity index (χ2n) is 9.23. The summed E-state index contributed by atoms with van der Waals surface area (Å²) in [6.07, 6.45) is 4.02. The molecule has 0 aliphatic heterocycles. The fraction of sp³-hybridized carbons (Fsp3) is 0.500. The molecular weight excluding hydrogens is 474 g/mol. The predicted octanol–water partition coefficient (Wildman–Crippen LogP) is 4.57.